The zero-order chi connectivity index (χ0) is 26.6. The van der Waals surface area contributed by atoms with E-state index in [9.17, 15) is 9.18 Å². The highest BCUT2D eigenvalue weighted by Crippen LogP contribution is 2.47. The van der Waals surface area contributed by atoms with Gasteiger partial charge < -0.3 is 9.88 Å². The number of benzene rings is 1. The Kier molecular flexibility index (Phi) is 6.25. The van der Waals surface area contributed by atoms with Crippen molar-refractivity contribution in [2.75, 3.05) is 20.1 Å². The van der Waals surface area contributed by atoms with E-state index in [4.69, 9.17) is 10.8 Å². The number of aromatic amines is 1. The predicted octanol–water partition coefficient (Wildman–Crippen LogP) is 5.56. The first kappa shape index (κ1) is 25.0. The largest absolute Gasteiger partial charge is 0.353 e. The SMILES string of the molecule is C[C@H]1CCCN(Cc2cc3c(C4CC4)cn(-c4cccc(C5(C(=N)N(C)C=N)CC(F)C5)c4)c(=O)c3[nH]2)C1.[HH]. The van der Waals surface area contributed by atoms with Crippen molar-refractivity contribution in [1.82, 2.24) is 19.4 Å². The fourth-order valence-corrected chi connectivity index (χ4v) is 6.58. The van der Waals surface area contributed by atoms with Crippen LogP contribution < -0.4 is 5.56 Å². The van der Waals surface area contributed by atoms with Crippen LogP contribution in [0.4, 0.5) is 4.39 Å². The van der Waals surface area contributed by atoms with Gasteiger partial charge in [0, 0.05) is 44.5 Å². The number of nitrogens with zero attached hydrogens (tertiary/aromatic N) is 3. The van der Waals surface area contributed by atoms with Crippen molar-refractivity contribution in [3.8, 4) is 5.69 Å². The van der Waals surface area contributed by atoms with Gasteiger partial charge in [0.1, 0.15) is 17.5 Å². The average molecular weight is 519 g/mol. The molecule has 2 saturated carbocycles. The summed E-state index contributed by atoms with van der Waals surface area (Å²) in [6.45, 7) is 5.32. The topological polar surface area (TPSA) is 92.0 Å². The third-order valence-electron chi connectivity index (χ3n) is 8.85. The van der Waals surface area contributed by atoms with Gasteiger partial charge in [0.25, 0.3) is 5.56 Å². The molecule has 0 amide bonds. The van der Waals surface area contributed by atoms with Crippen molar-refractivity contribution in [1.29, 1.82) is 10.8 Å². The molecule has 3 heterocycles. The van der Waals surface area contributed by atoms with Crippen molar-refractivity contribution in [2.45, 2.75) is 69.5 Å². The molecule has 0 bridgehead atoms. The van der Waals surface area contributed by atoms with E-state index in [2.05, 4.69) is 22.9 Å². The van der Waals surface area contributed by atoms with Crippen molar-refractivity contribution in [2.24, 2.45) is 5.92 Å². The predicted molar refractivity (Wildman–Crippen MR) is 152 cm³/mol. The van der Waals surface area contributed by atoms with Crippen LogP contribution in [-0.4, -0.2) is 57.8 Å². The summed E-state index contributed by atoms with van der Waals surface area (Å²) in [7, 11) is 1.65. The molecular formula is C30H39FN6O. The smallest absolute Gasteiger partial charge is 0.279 e. The first-order valence-corrected chi connectivity index (χ1v) is 13.9. The lowest BCUT2D eigenvalue weighted by Gasteiger charge is -2.46. The van der Waals surface area contributed by atoms with Crippen LogP contribution in [0.5, 0.6) is 0 Å². The van der Waals surface area contributed by atoms with Crippen LogP contribution in [0.25, 0.3) is 16.6 Å². The van der Waals surface area contributed by atoms with Gasteiger partial charge in [0.05, 0.1) is 11.8 Å². The minimum atomic E-state index is -0.973. The summed E-state index contributed by atoms with van der Waals surface area (Å²) in [6.07, 6.45) is 7.30. The number of alkyl halides is 1. The summed E-state index contributed by atoms with van der Waals surface area (Å²) >= 11 is 0. The Morgan fingerprint density at radius 2 is 2.08 bits per heavy atom. The number of pyridine rings is 1. The molecule has 202 valence electrons. The maximum atomic E-state index is 14.2. The number of likely N-dealkylation sites (tertiary alicyclic amines) is 1. The summed E-state index contributed by atoms with van der Waals surface area (Å²) in [5.74, 6) is 1.37. The second-order valence-corrected chi connectivity index (χ2v) is 11.8. The maximum Gasteiger partial charge on any atom is 0.279 e. The van der Waals surface area contributed by atoms with Crippen LogP contribution in [0.2, 0.25) is 0 Å². The lowest BCUT2D eigenvalue weighted by Crippen LogP contribution is -2.53. The second kappa shape index (κ2) is 9.49. The van der Waals surface area contributed by atoms with Crippen LogP contribution in [-0.2, 0) is 12.0 Å². The molecule has 3 fully saturated rings. The van der Waals surface area contributed by atoms with Gasteiger partial charge in [-0.15, -0.1) is 0 Å². The van der Waals surface area contributed by atoms with Gasteiger partial charge in [-0.3, -0.25) is 25.1 Å². The molecular weight excluding hydrogens is 479 g/mol. The quantitative estimate of drug-likeness (QED) is 0.282. The minimum absolute atomic E-state index is 0. The Hall–Kier alpha value is -3.26. The summed E-state index contributed by atoms with van der Waals surface area (Å²) in [5, 5.41) is 17.3. The number of amidine groups is 1. The molecule has 8 heteroatoms. The molecule has 0 radical (unpaired) electrons. The lowest BCUT2D eigenvalue weighted by atomic mass is 9.62. The van der Waals surface area contributed by atoms with E-state index in [-0.39, 0.29) is 25.7 Å². The fraction of sp³-hybridized carbons (Fsp3) is 0.500. The van der Waals surface area contributed by atoms with E-state index < -0.39 is 11.6 Å². The average Bonchev–Trinajstić information content (AvgIpc) is 3.65. The van der Waals surface area contributed by atoms with E-state index in [0.717, 1.165) is 61.1 Å². The molecule has 7 nitrogen and oxygen atoms in total. The van der Waals surface area contributed by atoms with Crippen molar-refractivity contribution in [3.05, 3.63) is 63.7 Å². The Balaban J connectivity index is 0.00000308. The molecule has 0 spiro atoms. The Bertz CT molecular complexity index is 1450. The Labute approximate surface area is 224 Å². The van der Waals surface area contributed by atoms with E-state index in [1.54, 1.807) is 11.6 Å². The number of nitrogens with one attached hydrogen (secondary N) is 3. The number of likely N-dealkylation sites (N-methyl/N-ethyl adjacent to an activating group) is 1. The second-order valence-electron chi connectivity index (χ2n) is 11.8. The number of rotatable bonds is 7. The molecule has 1 aromatic carbocycles. The first-order valence-electron chi connectivity index (χ1n) is 13.9. The molecule has 1 atom stereocenters. The van der Waals surface area contributed by atoms with Gasteiger partial charge in [-0.1, -0.05) is 19.1 Å². The number of piperidine rings is 1. The van der Waals surface area contributed by atoms with Crippen LogP contribution >= 0.6 is 0 Å². The molecule has 6 rings (SSSR count). The fourth-order valence-electron chi connectivity index (χ4n) is 6.58. The summed E-state index contributed by atoms with van der Waals surface area (Å²) in [5.41, 5.74) is 3.61. The minimum Gasteiger partial charge on any atom is -0.353 e. The molecule has 3 aromatic rings. The van der Waals surface area contributed by atoms with Crippen molar-refractivity contribution < 1.29 is 5.82 Å². The van der Waals surface area contributed by atoms with Crippen LogP contribution in [0.15, 0.2) is 41.3 Å². The molecule has 0 unspecified atom stereocenters. The monoisotopic (exact) mass is 518 g/mol. The van der Waals surface area contributed by atoms with Crippen LogP contribution in [0, 0.1) is 16.7 Å². The van der Waals surface area contributed by atoms with Crippen molar-refractivity contribution in [3.63, 3.8) is 0 Å². The molecule has 1 saturated heterocycles. The number of hydrogen-bond donors (Lipinski definition) is 3. The molecule has 3 aliphatic rings. The van der Waals surface area contributed by atoms with Gasteiger partial charge in [-0.05, 0) is 86.2 Å². The highest BCUT2D eigenvalue weighted by molar-refractivity contribution is 5.98. The summed E-state index contributed by atoms with van der Waals surface area (Å²) in [6, 6.07) is 9.83. The zero-order valence-corrected chi connectivity index (χ0v) is 22.3. The Morgan fingerprint density at radius 1 is 1.29 bits per heavy atom. The lowest BCUT2D eigenvalue weighted by molar-refractivity contribution is 0.136. The number of hydrogen-bond acceptors (Lipinski definition) is 4. The number of halogens is 1. The molecule has 2 aromatic heterocycles. The van der Waals surface area contributed by atoms with E-state index in [1.165, 1.54) is 23.3 Å². The van der Waals surface area contributed by atoms with Crippen LogP contribution in [0.3, 0.4) is 0 Å². The molecule has 1 aliphatic heterocycles. The first-order chi connectivity index (χ1) is 18.3. The number of H-pyrrole nitrogens is 1. The number of fused-ring (bicyclic) bond motifs is 1. The normalized spacial score (nSPS) is 25.8. The maximum absolute atomic E-state index is 14.2. The van der Waals surface area contributed by atoms with Crippen molar-refractivity contribution >= 4 is 23.1 Å². The molecule has 2 aliphatic carbocycles. The zero-order valence-electron chi connectivity index (χ0n) is 22.3. The van der Waals surface area contributed by atoms with E-state index in [0.29, 0.717) is 17.4 Å². The van der Waals surface area contributed by atoms with Crippen LogP contribution in [0.1, 0.15) is 69.6 Å². The molecule has 38 heavy (non-hydrogen) atoms. The summed E-state index contributed by atoms with van der Waals surface area (Å²) < 4.78 is 15.9. The third-order valence-corrected chi connectivity index (χ3v) is 8.85. The number of aromatic nitrogens is 2. The van der Waals surface area contributed by atoms with Gasteiger partial charge >= 0.3 is 0 Å². The third kappa shape index (κ3) is 4.28. The highest BCUT2D eigenvalue weighted by atomic mass is 19.1. The molecule has 3 N–H and O–H groups in total. The highest BCUT2D eigenvalue weighted by Gasteiger charge is 2.50. The van der Waals surface area contributed by atoms with E-state index >= 15 is 0 Å². The van der Waals surface area contributed by atoms with Gasteiger partial charge in [-0.2, -0.15) is 0 Å². The standard InChI is InChI=1S/C30H37FN6O.H2/c1-19-5-4-10-36(15-19)16-23-12-25-26(20-8-9-20)17-37(28(38)27(25)34-23)24-7-3-6-21(11-24)30(13-22(31)14-30)29(33)35(2)18-32;/h3,6-7,11-12,17-20,22,32-34H,4-5,8-10,13-16H2,1-2H3;1H/t19-,22?,30?;/m0./s1. The van der Waals surface area contributed by atoms with Gasteiger partial charge in [0.15, 0.2) is 0 Å². The summed E-state index contributed by atoms with van der Waals surface area (Å²) in [4.78, 5) is 21.2. The van der Waals surface area contributed by atoms with Gasteiger partial charge in [0.2, 0.25) is 0 Å². The Morgan fingerprint density at radius 3 is 2.76 bits per heavy atom. The van der Waals surface area contributed by atoms with E-state index in [1.807, 2.05) is 30.5 Å². The van der Waals surface area contributed by atoms with Gasteiger partial charge in [-0.25, -0.2) is 4.39 Å².